The molecule has 0 atom stereocenters. The molecular formula is C14H15NO3S. The third-order valence-corrected chi connectivity index (χ3v) is 3.73. The fourth-order valence-electron chi connectivity index (χ4n) is 1.94. The van der Waals surface area contributed by atoms with Crippen molar-refractivity contribution in [3.05, 3.63) is 55.8 Å². The molecule has 0 radical (unpaired) electrons. The average Bonchev–Trinajstić information content (AvgIpc) is 2.80. The van der Waals surface area contributed by atoms with Crippen LogP contribution in [-0.2, 0) is 6.42 Å². The van der Waals surface area contributed by atoms with Crippen LogP contribution in [0.15, 0.2) is 32.8 Å². The number of rotatable bonds is 4. The topological polar surface area (TPSA) is 59.3 Å². The van der Waals surface area contributed by atoms with E-state index >= 15 is 0 Å². The van der Waals surface area contributed by atoms with Crippen LogP contribution in [0.1, 0.15) is 26.6 Å². The minimum absolute atomic E-state index is 0.199. The molecule has 1 N–H and O–H groups in total. The highest BCUT2D eigenvalue weighted by atomic mass is 32.1. The van der Waals surface area contributed by atoms with E-state index in [0.717, 1.165) is 6.42 Å². The lowest BCUT2D eigenvalue weighted by Gasteiger charge is -2.08. The maximum absolute atomic E-state index is 12.1. The van der Waals surface area contributed by atoms with Gasteiger partial charge in [-0.15, -0.1) is 11.3 Å². The van der Waals surface area contributed by atoms with Crippen molar-refractivity contribution in [3.8, 4) is 0 Å². The highest BCUT2D eigenvalue weighted by Crippen LogP contribution is 2.11. The van der Waals surface area contributed by atoms with Gasteiger partial charge in [0.05, 0.1) is 5.56 Å². The molecule has 0 aliphatic rings. The van der Waals surface area contributed by atoms with E-state index in [4.69, 9.17) is 4.42 Å². The number of aryl methyl sites for hydroxylation is 2. The van der Waals surface area contributed by atoms with Crippen LogP contribution in [0.4, 0.5) is 0 Å². The smallest absolute Gasteiger partial charge is 0.336 e. The van der Waals surface area contributed by atoms with Gasteiger partial charge in [-0.25, -0.2) is 4.79 Å². The molecule has 0 aromatic carbocycles. The molecule has 2 rings (SSSR count). The van der Waals surface area contributed by atoms with Gasteiger partial charge in [-0.2, -0.15) is 0 Å². The Bertz CT molecular complexity index is 602. The van der Waals surface area contributed by atoms with Crippen molar-refractivity contribution in [2.45, 2.75) is 20.3 Å². The van der Waals surface area contributed by atoms with Gasteiger partial charge in [-0.1, -0.05) is 6.07 Å². The molecule has 2 aromatic heterocycles. The van der Waals surface area contributed by atoms with Crippen molar-refractivity contribution < 1.29 is 9.21 Å². The lowest BCUT2D eigenvalue weighted by Crippen LogP contribution is -2.27. The van der Waals surface area contributed by atoms with Crippen molar-refractivity contribution in [3.63, 3.8) is 0 Å². The van der Waals surface area contributed by atoms with E-state index in [-0.39, 0.29) is 5.91 Å². The first kappa shape index (κ1) is 13.5. The third-order valence-electron chi connectivity index (χ3n) is 2.80. The monoisotopic (exact) mass is 277 g/mol. The molecule has 1 amide bonds. The minimum atomic E-state index is -0.426. The minimum Gasteiger partial charge on any atom is -0.427 e. The van der Waals surface area contributed by atoms with Crippen LogP contribution in [0.2, 0.25) is 0 Å². The first-order valence-electron chi connectivity index (χ1n) is 6.00. The quantitative estimate of drug-likeness (QED) is 0.932. The van der Waals surface area contributed by atoms with E-state index in [1.165, 1.54) is 10.9 Å². The molecule has 0 saturated heterocycles. The Balaban J connectivity index is 2.02. The SMILES string of the molecule is Cc1cc(=O)oc(C)c1C(=O)NCCc1cccs1. The molecule has 0 spiro atoms. The number of carbonyl (C=O) groups excluding carboxylic acids is 1. The van der Waals surface area contributed by atoms with Gasteiger partial charge < -0.3 is 9.73 Å². The molecule has 0 aliphatic carbocycles. The Morgan fingerprint density at radius 3 is 2.84 bits per heavy atom. The molecule has 2 heterocycles. The summed E-state index contributed by atoms with van der Waals surface area (Å²) in [7, 11) is 0. The molecule has 0 fully saturated rings. The summed E-state index contributed by atoms with van der Waals surface area (Å²) >= 11 is 1.67. The van der Waals surface area contributed by atoms with Gasteiger partial charge in [0.25, 0.3) is 5.91 Å². The number of hydrogen-bond donors (Lipinski definition) is 1. The lowest BCUT2D eigenvalue weighted by atomic mass is 10.1. The number of nitrogens with one attached hydrogen (secondary N) is 1. The van der Waals surface area contributed by atoms with E-state index in [1.54, 1.807) is 25.2 Å². The molecule has 19 heavy (non-hydrogen) atoms. The highest BCUT2D eigenvalue weighted by molar-refractivity contribution is 7.09. The van der Waals surface area contributed by atoms with Crippen LogP contribution >= 0.6 is 11.3 Å². The Hall–Kier alpha value is -1.88. The largest absolute Gasteiger partial charge is 0.427 e. The summed E-state index contributed by atoms with van der Waals surface area (Å²) in [5.74, 6) is 0.161. The van der Waals surface area contributed by atoms with Crippen LogP contribution < -0.4 is 10.9 Å². The van der Waals surface area contributed by atoms with E-state index in [1.807, 2.05) is 17.5 Å². The average molecular weight is 277 g/mol. The van der Waals surface area contributed by atoms with Crippen LogP contribution in [0.3, 0.4) is 0 Å². The first-order valence-corrected chi connectivity index (χ1v) is 6.88. The zero-order chi connectivity index (χ0) is 13.8. The molecule has 0 saturated carbocycles. The first-order chi connectivity index (χ1) is 9.08. The summed E-state index contributed by atoms with van der Waals surface area (Å²) < 4.78 is 4.95. The van der Waals surface area contributed by atoms with Gasteiger partial charge in [-0.05, 0) is 37.3 Å². The Kier molecular flexibility index (Phi) is 4.16. The lowest BCUT2D eigenvalue weighted by molar-refractivity contribution is 0.0950. The highest BCUT2D eigenvalue weighted by Gasteiger charge is 2.14. The van der Waals surface area contributed by atoms with Crippen molar-refractivity contribution >= 4 is 17.2 Å². The van der Waals surface area contributed by atoms with Gasteiger partial charge in [0.2, 0.25) is 0 Å². The van der Waals surface area contributed by atoms with Gasteiger partial charge in [0.1, 0.15) is 5.76 Å². The molecule has 100 valence electrons. The maximum atomic E-state index is 12.1. The van der Waals surface area contributed by atoms with Crippen LogP contribution in [0.25, 0.3) is 0 Å². The number of carbonyl (C=O) groups is 1. The second-order valence-electron chi connectivity index (χ2n) is 4.26. The van der Waals surface area contributed by atoms with Crippen molar-refractivity contribution in [2.75, 3.05) is 6.54 Å². The van der Waals surface area contributed by atoms with Crippen LogP contribution in [-0.4, -0.2) is 12.5 Å². The summed E-state index contributed by atoms with van der Waals surface area (Å²) in [6.07, 6.45) is 0.804. The van der Waals surface area contributed by atoms with Crippen LogP contribution in [0, 0.1) is 13.8 Å². The van der Waals surface area contributed by atoms with E-state index < -0.39 is 5.63 Å². The molecule has 4 nitrogen and oxygen atoms in total. The predicted octanol–water partition coefficient (Wildman–Crippen LogP) is 2.29. The predicted molar refractivity (Wildman–Crippen MR) is 74.8 cm³/mol. The second-order valence-corrected chi connectivity index (χ2v) is 5.30. The summed E-state index contributed by atoms with van der Waals surface area (Å²) in [5, 5.41) is 4.86. The maximum Gasteiger partial charge on any atom is 0.336 e. The standard InChI is InChI=1S/C14H15NO3S/c1-9-8-12(16)18-10(2)13(9)14(17)15-6-5-11-4-3-7-19-11/h3-4,7-8H,5-6H2,1-2H3,(H,15,17). The van der Waals surface area contributed by atoms with Crippen molar-refractivity contribution in [2.24, 2.45) is 0 Å². The summed E-state index contributed by atoms with van der Waals surface area (Å²) in [6.45, 7) is 3.93. The fraction of sp³-hybridized carbons (Fsp3) is 0.286. The Labute approximate surface area is 115 Å². The normalized spacial score (nSPS) is 10.4. The van der Waals surface area contributed by atoms with E-state index in [2.05, 4.69) is 5.32 Å². The number of thiophene rings is 1. The second kappa shape index (κ2) is 5.84. The summed E-state index contributed by atoms with van der Waals surface area (Å²) in [4.78, 5) is 24.4. The van der Waals surface area contributed by atoms with Gasteiger partial charge in [0, 0.05) is 17.5 Å². The fourth-order valence-corrected chi connectivity index (χ4v) is 2.65. The van der Waals surface area contributed by atoms with Crippen molar-refractivity contribution in [1.82, 2.24) is 5.32 Å². The molecule has 0 bridgehead atoms. The molecule has 0 aliphatic heterocycles. The van der Waals surface area contributed by atoms with Gasteiger partial charge >= 0.3 is 5.63 Å². The van der Waals surface area contributed by atoms with Gasteiger partial charge in [-0.3, -0.25) is 4.79 Å². The zero-order valence-corrected chi connectivity index (χ0v) is 11.7. The van der Waals surface area contributed by atoms with E-state index in [0.29, 0.717) is 23.4 Å². The van der Waals surface area contributed by atoms with E-state index in [9.17, 15) is 9.59 Å². The zero-order valence-electron chi connectivity index (χ0n) is 10.9. The third kappa shape index (κ3) is 3.32. The molecule has 5 heteroatoms. The van der Waals surface area contributed by atoms with Crippen molar-refractivity contribution in [1.29, 1.82) is 0 Å². The number of amides is 1. The number of hydrogen-bond acceptors (Lipinski definition) is 4. The Morgan fingerprint density at radius 1 is 1.42 bits per heavy atom. The molecule has 2 aromatic rings. The van der Waals surface area contributed by atoms with Gasteiger partial charge in [0.15, 0.2) is 0 Å². The van der Waals surface area contributed by atoms with Crippen LogP contribution in [0.5, 0.6) is 0 Å². The molecule has 0 unspecified atom stereocenters. The molecular weight excluding hydrogens is 262 g/mol. The summed E-state index contributed by atoms with van der Waals surface area (Å²) in [6, 6.07) is 5.36. The summed E-state index contributed by atoms with van der Waals surface area (Å²) in [5.41, 5.74) is 0.665. The Morgan fingerprint density at radius 2 is 2.21 bits per heavy atom.